The first-order valence-corrected chi connectivity index (χ1v) is 6.94. The van der Waals surface area contributed by atoms with Gasteiger partial charge in [0.25, 0.3) is 5.91 Å². The lowest BCUT2D eigenvalue weighted by Gasteiger charge is -2.06. The first-order valence-electron chi connectivity index (χ1n) is 6.94. The second-order valence-corrected chi connectivity index (χ2v) is 5.11. The molecule has 0 spiro atoms. The summed E-state index contributed by atoms with van der Waals surface area (Å²) in [5, 5.41) is 21.4. The van der Waals surface area contributed by atoms with E-state index in [0.29, 0.717) is 5.69 Å². The van der Waals surface area contributed by atoms with Crippen LogP contribution in [0.5, 0.6) is 11.5 Å². The molecule has 1 aliphatic rings. The predicted octanol–water partition coefficient (Wildman–Crippen LogP) is 2.45. The predicted molar refractivity (Wildman–Crippen MR) is 83.3 cm³/mol. The van der Waals surface area contributed by atoms with Gasteiger partial charge in [0.05, 0.1) is 22.2 Å². The summed E-state index contributed by atoms with van der Waals surface area (Å²) in [6.45, 7) is -0.113. The molecule has 0 saturated carbocycles. The molecule has 3 aromatic rings. The third kappa shape index (κ3) is 2.28. The van der Waals surface area contributed by atoms with Crippen LogP contribution in [0, 0.1) is 10.1 Å². The molecule has 1 aliphatic heterocycles. The maximum absolute atomic E-state index is 12.4. The van der Waals surface area contributed by atoms with E-state index in [1.165, 1.54) is 6.07 Å². The van der Waals surface area contributed by atoms with E-state index in [1.807, 2.05) is 0 Å². The van der Waals surface area contributed by atoms with Crippen LogP contribution in [-0.4, -0.2) is 27.8 Å². The molecule has 0 bridgehead atoms. The first kappa shape index (κ1) is 14.0. The molecule has 1 amide bonds. The van der Waals surface area contributed by atoms with E-state index in [4.69, 9.17) is 9.47 Å². The van der Waals surface area contributed by atoms with E-state index in [-0.39, 0.29) is 29.5 Å². The van der Waals surface area contributed by atoms with Crippen LogP contribution in [0.2, 0.25) is 0 Å². The number of nitrogens with one attached hydrogen (secondary N) is 2. The summed E-state index contributed by atoms with van der Waals surface area (Å²) in [6.07, 6.45) is 1.67. The molecule has 120 valence electrons. The van der Waals surface area contributed by atoms with Crippen LogP contribution < -0.4 is 14.8 Å². The zero-order valence-corrected chi connectivity index (χ0v) is 12.1. The number of anilines is 1. The van der Waals surface area contributed by atoms with E-state index in [9.17, 15) is 14.9 Å². The van der Waals surface area contributed by atoms with Gasteiger partial charge >= 0.3 is 5.69 Å². The van der Waals surface area contributed by atoms with Gasteiger partial charge in [-0.05, 0) is 24.3 Å². The molecular formula is C15H10N4O5. The Balaban J connectivity index is 1.66. The molecule has 0 aliphatic carbocycles. The Morgan fingerprint density at radius 1 is 1.29 bits per heavy atom. The average molecular weight is 326 g/mol. The Morgan fingerprint density at radius 3 is 3.00 bits per heavy atom. The van der Waals surface area contributed by atoms with Crippen molar-refractivity contribution in [3.8, 4) is 11.5 Å². The zero-order chi connectivity index (χ0) is 16.7. The van der Waals surface area contributed by atoms with Crippen molar-refractivity contribution in [2.45, 2.75) is 0 Å². The number of aromatic amines is 1. The molecular weight excluding hydrogens is 316 g/mol. The molecule has 2 heterocycles. The number of fused-ring (bicyclic) bond motifs is 2. The number of carbonyl (C=O) groups is 1. The molecule has 0 fully saturated rings. The molecule has 0 unspecified atom stereocenters. The summed E-state index contributed by atoms with van der Waals surface area (Å²) in [5.74, 6) is -0.274. The number of hydrogen-bond acceptors (Lipinski definition) is 6. The number of carbonyl (C=O) groups excluding carboxylic acids is 1. The second-order valence-electron chi connectivity index (χ2n) is 5.11. The molecule has 24 heavy (non-hydrogen) atoms. The van der Waals surface area contributed by atoms with E-state index >= 15 is 0 Å². The molecule has 0 saturated heterocycles. The van der Waals surface area contributed by atoms with Crippen molar-refractivity contribution in [1.82, 2.24) is 10.2 Å². The third-order valence-corrected chi connectivity index (χ3v) is 3.61. The van der Waals surface area contributed by atoms with E-state index in [0.717, 1.165) is 17.0 Å². The highest BCUT2D eigenvalue weighted by atomic mass is 16.7. The van der Waals surface area contributed by atoms with Gasteiger partial charge in [-0.25, -0.2) is 0 Å². The Hall–Kier alpha value is -3.62. The SMILES string of the molecule is O=C(Nc1ccc2cn[nH]c2c1)c1cc2c(c([N+](=O)[O-])c1)OCO2. The minimum atomic E-state index is -0.610. The fraction of sp³-hybridized carbons (Fsp3) is 0.0667. The smallest absolute Gasteiger partial charge is 0.315 e. The number of nitro benzene ring substituents is 1. The van der Waals surface area contributed by atoms with Gasteiger partial charge in [0.15, 0.2) is 5.75 Å². The lowest BCUT2D eigenvalue weighted by Crippen LogP contribution is -2.12. The molecule has 0 radical (unpaired) electrons. The number of nitrogens with zero attached hydrogens (tertiary/aromatic N) is 2. The molecule has 0 atom stereocenters. The normalized spacial score (nSPS) is 12.3. The van der Waals surface area contributed by atoms with Crippen molar-refractivity contribution >= 4 is 28.2 Å². The quantitative estimate of drug-likeness (QED) is 0.563. The molecule has 2 aromatic carbocycles. The number of benzene rings is 2. The monoisotopic (exact) mass is 326 g/mol. The molecule has 9 heteroatoms. The number of hydrogen-bond donors (Lipinski definition) is 2. The highest BCUT2D eigenvalue weighted by molar-refractivity contribution is 6.06. The van der Waals surface area contributed by atoms with Crippen LogP contribution in [0.1, 0.15) is 10.4 Å². The van der Waals surface area contributed by atoms with Gasteiger partial charge in [0, 0.05) is 17.1 Å². The molecule has 9 nitrogen and oxygen atoms in total. The second kappa shape index (κ2) is 5.23. The zero-order valence-electron chi connectivity index (χ0n) is 12.1. The maximum Gasteiger partial charge on any atom is 0.315 e. The van der Waals surface area contributed by atoms with Gasteiger partial charge in [-0.1, -0.05) is 0 Å². The van der Waals surface area contributed by atoms with Crippen molar-refractivity contribution in [3.05, 3.63) is 52.2 Å². The summed E-state index contributed by atoms with van der Waals surface area (Å²) >= 11 is 0. The van der Waals surface area contributed by atoms with Crippen LogP contribution >= 0.6 is 0 Å². The first-order chi connectivity index (χ1) is 11.6. The van der Waals surface area contributed by atoms with Gasteiger partial charge in [-0.3, -0.25) is 20.0 Å². The fourth-order valence-electron chi connectivity index (χ4n) is 2.48. The number of aromatic nitrogens is 2. The number of ether oxygens (including phenoxy) is 2. The van der Waals surface area contributed by atoms with Gasteiger partial charge in [0.2, 0.25) is 12.5 Å². The van der Waals surface area contributed by atoms with Crippen molar-refractivity contribution in [2.75, 3.05) is 12.1 Å². The van der Waals surface area contributed by atoms with Crippen LogP contribution in [0.3, 0.4) is 0 Å². The van der Waals surface area contributed by atoms with Crippen molar-refractivity contribution < 1.29 is 19.2 Å². The van der Waals surface area contributed by atoms with E-state index in [2.05, 4.69) is 15.5 Å². The third-order valence-electron chi connectivity index (χ3n) is 3.61. The van der Waals surface area contributed by atoms with Crippen molar-refractivity contribution in [3.63, 3.8) is 0 Å². The van der Waals surface area contributed by atoms with Crippen LogP contribution in [0.4, 0.5) is 11.4 Å². The van der Waals surface area contributed by atoms with E-state index < -0.39 is 10.8 Å². The minimum absolute atomic E-state index is 0.0374. The summed E-state index contributed by atoms with van der Waals surface area (Å²) in [7, 11) is 0. The lowest BCUT2D eigenvalue weighted by atomic mass is 10.1. The summed E-state index contributed by atoms with van der Waals surface area (Å²) in [6, 6.07) is 7.83. The Morgan fingerprint density at radius 2 is 2.17 bits per heavy atom. The minimum Gasteiger partial charge on any atom is -0.453 e. The van der Waals surface area contributed by atoms with Crippen molar-refractivity contribution in [1.29, 1.82) is 0 Å². The Labute approximate surface area is 134 Å². The number of amides is 1. The highest BCUT2D eigenvalue weighted by Gasteiger charge is 2.28. The summed E-state index contributed by atoms with van der Waals surface area (Å²) in [5.41, 5.74) is 1.11. The Bertz CT molecular complexity index is 981. The average Bonchev–Trinajstić information content (AvgIpc) is 3.21. The van der Waals surface area contributed by atoms with Gasteiger partial charge in [-0.2, -0.15) is 5.10 Å². The van der Waals surface area contributed by atoms with Crippen LogP contribution in [0.15, 0.2) is 36.5 Å². The van der Waals surface area contributed by atoms with Gasteiger partial charge < -0.3 is 14.8 Å². The summed E-state index contributed by atoms with van der Waals surface area (Å²) in [4.78, 5) is 22.9. The van der Waals surface area contributed by atoms with Gasteiger partial charge in [0.1, 0.15) is 0 Å². The van der Waals surface area contributed by atoms with Crippen molar-refractivity contribution in [2.24, 2.45) is 0 Å². The number of rotatable bonds is 3. The molecule has 2 N–H and O–H groups in total. The highest BCUT2D eigenvalue weighted by Crippen LogP contribution is 2.41. The lowest BCUT2D eigenvalue weighted by molar-refractivity contribution is -0.385. The fourth-order valence-corrected chi connectivity index (χ4v) is 2.48. The van der Waals surface area contributed by atoms with Gasteiger partial charge in [-0.15, -0.1) is 0 Å². The number of H-pyrrole nitrogens is 1. The van der Waals surface area contributed by atoms with Crippen LogP contribution in [-0.2, 0) is 0 Å². The Kier molecular flexibility index (Phi) is 3.05. The topological polar surface area (TPSA) is 119 Å². The largest absolute Gasteiger partial charge is 0.453 e. The molecule has 4 rings (SSSR count). The van der Waals surface area contributed by atoms with E-state index in [1.54, 1.807) is 24.4 Å². The number of nitro groups is 1. The standard InChI is InChI=1S/C15H10N4O5/c20-15(17-10-2-1-8-6-16-18-11(8)5-10)9-3-12(19(21)22)14-13(4-9)23-7-24-14/h1-6H,7H2,(H,16,18)(H,17,20). The summed E-state index contributed by atoms with van der Waals surface area (Å²) < 4.78 is 10.2. The maximum atomic E-state index is 12.4. The molecule has 1 aromatic heterocycles. The van der Waals surface area contributed by atoms with Crippen LogP contribution in [0.25, 0.3) is 10.9 Å².